The molecule has 4 nitrogen and oxygen atoms in total. The summed E-state index contributed by atoms with van der Waals surface area (Å²) in [7, 11) is 0. The first-order valence-corrected chi connectivity index (χ1v) is 4.82. The Kier molecular flexibility index (Phi) is 3.24. The summed E-state index contributed by atoms with van der Waals surface area (Å²) >= 11 is 0. The maximum Gasteiger partial charge on any atom is 0.310 e. The monoisotopic (exact) mass is 209 g/mol. The number of nitrogens with one attached hydrogen (secondary N) is 1. The van der Waals surface area contributed by atoms with E-state index in [4.69, 9.17) is 4.74 Å². The second-order valence-corrected chi connectivity index (χ2v) is 3.27. The van der Waals surface area contributed by atoms with Crippen molar-refractivity contribution in [1.82, 2.24) is 9.97 Å². The van der Waals surface area contributed by atoms with E-state index in [2.05, 4.69) is 21.4 Å². The molecule has 0 radical (unpaired) electrons. The van der Waals surface area contributed by atoms with Crippen molar-refractivity contribution in [1.29, 1.82) is 0 Å². The number of anilines is 1. The molecule has 15 heavy (non-hydrogen) atoms. The highest BCUT2D eigenvalue weighted by Gasteiger charge is 2.04. The van der Waals surface area contributed by atoms with E-state index in [9.17, 15) is 4.39 Å². The fourth-order valence-electron chi connectivity index (χ4n) is 1.37. The molecule has 0 unspecified atom stereocenters. The van der Waals surface area contributed by atoms with Gasteiger partial charge in [-0.3, -0.25) is 0 Å². The van der Waals surface area contributed by atoms with Crippen LogP contribution >= 0.6 is 0 Å². The van der Waals surface area contributed by atoms with Gasteiger partial charge in [0.2, 0.25) is 0 Å². The van der Waals surface area contributed by atoms with Crippen LogP contribution in [0.15, 0.2) is 23.9 Å². The molecular formula is C10H12FN3O. The number of aromatic nitrogens is 2. The van der Waals surface area contributed by atoms with Gasteiger partial charge in [-0.2, -0.15) is 9.37 Å². The molecule has 1 aliphatic rings. The van der Waals surface area contributed by atoms with Crippen LogP contribution in [0.5, 0.6) is 0 Å². The van der Waals surface area contributed by atoms with Crippen LogP contribution in [0.25, 0.3) is 0 Å². The number of ether oxygens (including phenoxy) is 1. The zero-order valence-electron chi connectivity index (χ0n) is 8.24. The van der Waals surface area contributed by atoms with Crippen LogP contribution in [0.4, 0.5) is 10.2 Å². The molecule has 1 aliphatic heterocycles. The largest absolute Gasteiger partial charge is 0.377 e. The van der Waals surface area contributed by atoms with Gasteiger partial charge in [-0.05, 0) is 18.1 Å². The Labute approximate surface area is 87.2 Å². The highest BCUT2D eigenvalue weighted by Crippen LogP contribution is 2.07. The van der Waals surface area contributed by atoms with Gasteiger partial charge in [0, 0.05) is 12.7 Å². The van der Waals surface area contributed by atoms with Crippen molar-refractivity contribution in [2.75, 3.05) is 25.1 Å². The van der Waals surface area contributed by atoms with Crippen LogP contribution in [-0.2, 0) is 4.74 Å². The minimum atomic E-state index is -0.714. The molecule has 80 valence electrons. The normalized spacial score (nSPS) is 15.9. The average molecular weight is 209 g/mol. The van der Waals surface area contributed by atoms with E-state index in [-0.39, 0.29) is 0 Å². The summed E-state index contributed by atoms with van der Waals surface area (Å²) in [4.78, 5) is 6.98. The molecule has 1 aromatic heterocycles. The molecule has 0 fully saturated rings. The van der Waals surface area contributed by atoms with Gasteiger partial charge >= 0.3 is 6.08 Å². The van der Waals surface area contributed by atoms with Crippen LogP contribution < -0.4 is 5.32 Å². The average Bonchev–Trinajstić information content (AvgIpc) is 2.28. The fourth-order valence-corrected chi connectivity index (χ4v) is 1.37. The molecule has 2 heterocycles. The lowest BCUT2D eigenvalue weighted by Gasteiger charge is -2.14. The van der Waals surface area contributed by atoms with Gasteiger partial charge in [0.15, 0.2) is 0 Å². The predicted octanol–water partition coefficient (Wildman–Crippen LogP) is 1.37. The fraction of sp³-hybridized carbons (Fsp3) is 0.400. The molecule has 0 amide bonds. The van der Waals surface area contributed by atoms with Crippen molar-refractivity contribution in [3.05, 3.63) is 30.0 Å². The lowest BCUT2D eigenvalue weighted by Crippen LogP contribution is -2.14. The van der Waals surface area contributed by atoms with Crippen LogP contribution in [0.1, 0.15) is 6.42 Å². The van der Waals surface area contributed by atoms with Gasteiger partial charge in [-0.25, -0.2) is 4.98 Å². The van der Waals surface area contributed by atoms with E-state index in [0.717, 1.165) is 13.0 Å². The summed E-state index contributed by atoms with van der Waals surface area (Å²) in [6.45, 7) is 2.06. The van der Waals surface area contributed by atoms with E-state index in [1.54, 1.807) is 6.07 Å². The molecule has 0 spiro atoms. The minimum absolute atomic E-state index is 0.494. The molecule has 0 saturated carbocycles. The molecule has 0 aliphatic carbocycles. The summed E-state index contributed by atoms with van der Waals surface area (Å²) in [5.74, 6) is 0.494. The third kappa shape index (κ3) is 2.99. The molecule has 0 bridgehead atoms. The Bertz CT molecular complexity index is 367. The van der Waals surface area contributed by atoms with E-state index in [1.807, 2.05) is 0 Å². The SMILES string of the molecule is Fc1nccc(NCC2=CCCOC2)n1. The molecule has 1 N–H and O–H groups in total. The number of hydrogen-bond donors (Lipinski definition) is 1. The Balaban J connectivity index is 1.90. The second kappa shape index (κ2) is 4.84. The summed E-state index contributed by atoms with van der Waals surface area (Å²) in [6.07, 6.45) is 3.74. The second-order valence-electron chi connectivity index (χ2n) is 3.27. The Morgan fingerprint density at radius 3 is 3.20 bits per heavy atom. The number of nitrogens with zero attached hydrogens (tertiary/aromatic N) is 2. The van der Waals surface area contributed by atoms with E-state index in [0.29, 0.717) is 19.0 Å². The minimum Gasteiger partial charge on any atom is -0.377 e. The van der Waals surface area contributed by atoms with Crippen molar-refractivity contribution < 1.29 is 9.13 Å². The summed E-state index contributed by atoms with van der Waals surface area (Å²) in [6, 6.07) is 1.63. The molecular weight excluding hydrogens is 197 g/mol. The summed E-state index contributed by atoms with van der Waals surface area (Å²) in [5.41, 5.74) is 1.17. The first-order valence-electron chi connectivity index (χ1n) is 4.82. The third-order valence-electron chi connectivity index (χ3n) is 2.11. The first-order chi connectivity index (χ1) is 7.34. The maximum absolute atomic E-state index is 12.6. The van der Waals surface area contributed by atoms with Crippen LogP contribution in [0, 0.1) is 6.08 Å². The molecule has 0 atom stereocenters. The van der Waals surface area contributed by atoms with Crippen molar-refractivity contribution in [2.24, 2.45) is 0 Å². The summed E-state index contributed by atoms with van der Waals surface area (Å²) in [5, 5.41) is 3.02. The molecule has 1 aromatic rings. The molecule has 2 rings (SSSR count). The van der Waals surface area contributed by atoms with Gasteiger partial charge in [-0.15, -0.1) is 0 Å². The van der Waals surface area contributed by atoms with Gasteiger partial charge in [0.25, 0.3) is 0 Å². The maximum atomic E-state index is 12.6. The van der Waals surface area contributed by atoms with Crippen molar-refractivity contribution >= 4 is 5.82 Å². The Hall–Kier alpha value is -1.49. The predicted molar refractivity (Wildman–Crippen MR) is 54.0 cm³/mol. The smallest absolute Gasteiger partial charge is 0.310 e. The first kappa shape index (κ1) is 10.0. The Morgan fingerprint density at radius 1 is 1.53 bits per heavy atom. The highest BCUT2D eigenvalue weighted by molar-refractivity contribution is 5.34. The number of hydrogen-bond acceptors (Lipinski definition) is 4. The van der Waals surface area contributed by atoms with Crippen molar-refractivity contribution in [3.63, 3.8) is 0 Å². The zero-order chi connectivity index (χ0) is 10.5. The lowest BCUT2D eigenvalue weighted by molar-refractivity contribution is 0.150. The standard InChI is InChI=1S/C10H12FN3O/c11-10-12-4-3-9(14-10)13-6-8-2-1-5-15-7-8/h2-4H,1,5-7H2,(H,12,13,14). The highest BCUT2D eigenvalue weighted by atomic mass is 19.1. The number of rotatable bonds is 3. The van der Waals surface area contributed by atoms with Crippen molar-refractivity contribution in [3.8, 4) is 0 Å². The zero-order valence-corrected chi connectivity index (χ0v) is 8.24. The van der Waals surface area contributed by atoms with E-state index in [1.165, 1.54) is 11.8 Å². The van der Waals surface area contributed by atoms with Gasteiger partial charge < -0.3 is 10.1 Å². The van der Waals surface area contributed by atoms with Crippen LogP contribution in [-0.4, -0.2) is 29.7 Å². The van der Waals surface area contributed by atoms with Crippen LogP contribution in [0.2, 0.25) is 0 Å². The van der Waals surface area contributed by atoms with E-state index >= 15 is 0 Å². The van der Waals surface area contributed by atoms with Gasteiger partial charge in [-0.1, -0.05) is 6.08 Å². The van der Waals surface area contributed by atoms with E-state index < -0.39 is 6.08 Å². The third-order valence-corrected chi connectivity index (χ3v) is 2.11. The van der Waals surface area contributed by atoms with Gasteiger partial charge in [0.1, 0.15) is 5.82 Å². The molecule has 0 aromatic carbocycles. The van der Waals surface area contributed by atoms with Crippen LogP contribution in [0.3, 0.4) is 0 Å². The van der Waals surface area contributed by atoms with Crippen molar-refractivity contribution in [2.45, 2.75) is 6.42 Å². The molecule has 5 heteroatoms. The van der Waals surface area contributed by atoms with Gasteiger partial charge in [0.05, 0.1) is 13.2 Å². The topological polar surface area (TPSA) is 47.0 Å². The summed E-state index contributed by atoms with van der Waals surface area (Å²) < 4.78 is 17.9. The number of halogens is 1. The lowest BCUT2D eigenvalue weighted by atomic mass is 10.2. The quantitative estimate of drug-likeness (QED) is 0.603. The molecule has 0 saturated heterocycles. The Morgan fingerprint density at radius 2 is 2.47 bits per heavy atom.